The number of sulfonamides is 1. The van der Waals surface area contributed by atoms with Crippen LogP contribution in [0, 0.1) is 6.92 Å². The van der Waals surface area contributed by atoms with E-state index < -0.39 is 15.6 Å². The molecule has 0 aromatic carbocycles. The van der Waals surface area contributed by atoms with Gasteiger partial charge >= 0.3 is 0 Å². The van der Waals surface area contributed by atoms with Gasteiger partial charge in [-0.25, -0.2) is 13.1 Å². The van der Waals surface area contributed by atoms with Crippen molar-refractivity contribution in [1.29, 1.82) is 0 Å². The van der Waals surface area contributed by atoms with Gasteiger partial charge in [-0.15, -0.1) is 11.3 Å². The molecule has 19 heavy (non-hydrogen) atoms. The molecule has 108 valence electrons. The van der Waals surface area contributed by atoms with Crippen molar-refractivity contribution < 1.29 is 13.5 Å². The molecule has 1 heterocycles. The summed E-state index contributed by atoms with van der Waals surface area (Å²) in [5.41, 5.74) is 0.230. The Balaban J connectivity index is 2.24. The van der Waals surface area contributed by atoms with Crippen molar-refractivity contribution in [3.8, 4) is 0 Å². The van der Waals surface area contributed by atoms with E-state index in [-0.39, 0.29) is 6.61 Å². The van der Waals surface area contributed by atoms with Crippen LogP contribution in [0.4, 0.5) is 0 Å². The van der Waals surface area contributed by atoms with Crippen molar-refractivity contribution in [2.75, 3.05) is 6.61 Å². The van der Waals surface area contributed by atoms with E-state index in [0.29, 0.717) is 17.1 Å². The first kappa shape index (κ1) is 15.4. The second-order valence-corrected chi connectivity index (χ2v) is 9.41. The summed E-state index contributed by atoms with van der Waals surface area (Å²) < 4.78 is 28.7. The first-order valence-corrected chi connectivity index (χ1v) is 9.39. The predicted molar refractivity (Wildman–Crippen MR) is 80.0 cm³/mol. The topological polar surface area (TPSA) is 66.4 Å². The second-order valence-electron chi connectivity index (χ2n) is 5.13. The molecule has 0 aliphatic heterocycles. The van der Waals surface area contributed by atoms with Crippen LogP contribution in [-0.4, -0.2) is 25.7 Å². The molecular weight excluding hydrogens is 350 g/mol. The molecular formula is C12H18BrNO3S2. The molecule has 0 unspecified atom stereocenters. The van der Waals surface area contributed by atoms with Crippen molar-refractivity contribution in [2.24, 2.45) is 0 Å². The summed E-state index contributed by atoms with van der Waals surface area (Å²) in [4.78, 5) is 0. The van der Waals surface area contributed by atoms with Crippen LogP contribution in [-0.2, 0) is 10.0 Å². The summed E-state index contributed by atoms with van der Waals surface area (Å²) in [5, 5.41) is 9.58. The number of hydrogen-bond donors (Lipinski definition) is 2. The summed E-state index contributed by atoms with van der Waals surface area (Å²) in [6.07, 6.45) is 4.42. The molecule has 1 aromatic rings. The molecule has 1 saturated carbocycles. The van der Waals surface area contributed by atoms with Crippen molar-refractivity contribution in [1.82, 2.24) is 4.72 Å². The molecule has 1 aromatic heterocycles. The zero-order valence-corrected chi connectivity index (χ0v) is 14.0. The summed E-state index contributed by atoms with van der Waals surface area (Å²) in [7, 11) is -3.55. The smallest absolute Gasteiger partial charge is 0.250 e. The standard InChI is InChI=1S/C12H18BrNO3S2/c1-9-7-10(18-11(9)13)19(16,17)14-12(8-15)5-3-2-4-6-12/h7,14-15H,2-6,8H2,1H3. The number of halogens is 1. The Bertz CT molecular complexity index is 528. The average molecular weight is 368 g/mol. The van der Waals surface area contributed by atoms with E-state index in [2.05, 4.69) is 20.7 Å². The van der Waals surface area contributed by atoms with Crippen LogP contribution < -0.4 is 4.72 Å². The van der Waals surface area contributed by atoms with Gasteiger partial charge in [0.2, 0.25) is 0 Å². The third-order valence-corrected chi connectivity index (χ3v) is 7.75. The number of thiophene rings is 1. The predicted octanol–water partition coefficient (Wildman–Crippen LogP) is 2.79. The number of hydrogen-bond acceptors (Lipinski definition) is 4. The highest BCUT2D eigenvalue weighted by Gasteiger charge is 2.36. The molecule has 2 rings (SSSR count). The lowest BCUT2D eigenvalue weighted by Gasteiger charge is -2.35. The normalized spacial score (nSPS) is 19.5. The van der Waals surface area contributed by atoms with Gasteiger partial charge in [-0.1, -0.05) is 19.3 Å². The molecule has 2 N–H and O–H groups in total. The van der Waals surface area contributed by atoms with Gasteiger partial charge in [-0.05, 0) is 47.3 Å². The largest absolute Gasteiger partial charge is 0.394 e. The Morgan fingerprint density at radius 3 is 2.53 bits per heavy atom. The van der Waals surface area contributed by atoms with E-state index in [0.717, 1.165) is 28.6 Å². The fourth-order valence-corrected chi connectivity index (χ4v) is 6.10. The van der Waals surface area contributed by atoms with Crippen LogP contribution in [0.1, 0.15) is 37.7 Å². The molecule has 0 amide bonds. The number of aliphatic hydroxyl groups excluding tert-OH is 1. The van der Waals surface area contributed by atoms with Crippen LogP contribution >= 0.6 is 27.3 Å². The van der Waals surface area contributed by atoms with E-state index in [1.54, 1.807) is 6.07 Å². The van der Waals surface area contributed by atoms with E-state index in [4.69, 9.17) is 0 Å². The van der Waals surface area contributed by atoms with Gasteiger partial charge in [0.25, 0.3) is 10.0 Å². The minimum atomic E-state index is -3.55. The number of rotatable bonds is 4. The van der Waals surface area contributed by atoms with Crippen LogP contribution in [0.25, 0.3) is 0 Å². The highest BCUT2D eigenvalue weighted by atomic mass is 79.9. The molecule has 4 nitrogen and oxygen atoms in total. The lowest BCUT2D eigenvalue weighted by molar-refractivity contribution is 0.142. The highest BCUT2D eigenvalue weighted by molar-refractivity contribution is 9.11. The van der Waals surface area contributed by atoms with Gasteiger partial charge in [0.05, 0.1) is 15.9 Å². The summed E-state index contributed by atoms with van der Waals surface area (Å²) >= 11 is 4.54. The monoisotopic (exact) mass is 367 g/mol. The van der Waals surface area contributed by atoms with Crippen molar-refractivity contribution >= 4 is 37.3 Å². The molecule has 7 heteroatoms. The first-order valence-electron chi connectivity index (χ1n) is 6.29. The van der Waals surface area contributed by atoms with E-state index in [1.807, 2.05) is 6.92 Å². The van der Waals surface area contributed by atoms with Gasteiger partial charge in [0.15, 0.2) is 0 Å². The Morgan fingerprint density at radius 1 is 1.42 bits per heavy atom. The van der Waals surface area contributed by atoms with Crippen LogP contribution in [0.15, 0.2) is 14.1 Å². The number of nitrogens with one attached hydrogen (secondary N) is 1. The Labute approximate surface area is 126 Å². The van der Waals surface area contributed by atoms with Crippen LogP contribution in [0.2, 0.25) is 0 Å². The molecule has 0 spiro atoms. The van der Waals surface area contributed by atoms with Crippen molar-refractivity contribution in [3.63, 3.8) is 0 Å². The molecule has 0 saturated heterocycles. The van der Waals surface area contributed by atoms with Gasteiger partial charge in [-0.3, -0.25) is 0 Å². The minimum absolute atomic E-state index is 0.141. The van der Waals surface area contributed by atoms with Crippen LogP contribution in [0.3, 0.4) is 0 Å². The van der Waals surface area contributed by atoms with Gasteiger partial charge < -0.3 is 5.11 Å². The summed E-state index contributed by atoms with van der Waals surface area (Å²) in [6.45, 7) is 1.72. The highest BCUT2D eigenvalue weighted by Crippen LogP contribution is 2.33. The molecule has 1 aliphatic carbocycles. The number of aryl methyl sites for hydroxylation is 1. The first-order chi connectivity index (χ1) is 8.88. The maximum atomic E-state index is 12.4. The average Bonchev–Trinajstić information content (AvgIpc) is 2.71. The molecule has 0 bridgehead atoms. The zero-order valence-electron chi connectivity index (χ0n) is 10.8. The fraction of sp³-hybridized carbons (Fsp3) is 0.667. The Kier molecular flexibility index (Phi) is 4.72. The molecule has 0 atom stereocenters. The zero-order chi connectivity index (χ0) is 14.1. The quantitative estimate of drug-likeness (QED) is 0.859. The third kappa shape index (κ3) is 3.39. The maximum absolute atomic E-state index is 12.4. The van der Waals surface area contributed by atoms with Gasteiger partial charge in [0.1, 0.15) is 4.21 Å². The Morgan fingerprint density at radius 2 is 2.05 bits per heavy atom. The molecule has 1 fully saturated rings. The minimum Gasteiger partial charge on any atom is -0.394 e. The second kappa shape index (κ2) is 5.81. The lowest BCUT2D eigenvalue weighted by Crippen LogP contribution is -2.52. The SMILES string of the molecule is Cc1cc(S(=O)(=O)NC2(CO)CCCCC2)sc1Br. The third-order valence-electron chi connectivity index (χ3n) is 3.56. The van der Waals surface area contributed by atoms with Gasteiger partial charge in [-0.2, -0.15) is 0 Å². The van der Waals surface area contributed by atoms with E-state index >= 15 is 0 Å². The lowest BCUT2D eigenvalue weighted by atomic mass is 9.83. The van der Waals surface area contributed by atoms with E-state index in [1.165, 1.54) is 11.3 Å². The summed E-state index contributed by atoms with van der Waals surface area (Å²) in [5.74, 6) is 0. The summed E-state index contributed by atoms with van der Waals surface area (Å²) in [6, 6.07) is 1.66. The molecule has 1 aliphatic rings. The van der Waals surface area contributed by atoms with Crippen molar-refractivity contribution in [2.45, 2.75) is 48.8 Å². The fourth-order valence-electron chi connectivity index (χ4n) is 2.42. The molecule has 0 radical (unpaired) electrons. The van der Waals surface area contributed by atoms with E-state index in [9.17, 15) is 13.5 Å². The van der Waals surface area contributed by atoms with Crippen LogP contribution in [0.5, 0.6) is 0 Å². The number of aliphatic hydroxyl groups is 1. The van der Waals surface area contributed by atoms with Gasteiger partial charge in [0, 0.05) is 0 Å². The maximum Gasteiger partial charge on any atom is 0.250 e. The van der Waals surface area contributed by atoms with Crippen molar-refractivity contribution in [3.05, 3.63) is 15.4 Å². The Hall–Kier alpha value is 0.0500.